The van der Waals surface area contributed by atoms with Gasteiger partial charge in [-0.05, 0) is 32.0 Å². The Morgan fingerprint density at radius 2 is 2.00 bits per heavy atom. The zero-order chi connectivity index (χ0) is 20.0. The van der Waals surface area contributed by atoms with E-state index in [-0.39, 0.29) is 19.0 Å². The zero-order valence-electron chi connectivity index (χ0n) is 15.7. The normalized spacial score (nSPS) is 16.1. The van der Waals surface area contributed by atoms with Crippen molar-refractivity contribution in [1.29, 1.82) is 0 Å². The molecule has 1 aliphatic heterocycles. The molecule has 3 aromatic rings. The van der Waals surface area contributed by atoms with Crippen LogP contribution < -0.4 is 4.74 Å². The maximum Gasteiger partial charge on any atom is 0.328 e. The van der Waals surface area contributed by atoms with E-state index >= 15 is 0 Å². The first-order valence-corrected chi connectivity index (χ1v) is 8.77. The summed E-state index contributed by atoms with van der Waals surface area (Å²) >= 11 is 0. The van der Waals surface area contributed by atoms with Crippen LogP contribution in [0.4, 0.5) is 0 Å². The van der Waals surface area contributed by atoms with Crippen LogP contribution in [-0.4, -0.2) is 54.8 Å². The predicted octanol–water partition coefficient (Wildman–Crippen LogP) is 1.56. The number of hydrogen-bond acceptors (Lipinski definition) is 6. The predicted molar refractivity (Wildman–Crippen MR) is 99.1 cm³/mol. The minimum Gasteiger partial charge on any atom is -0.497 e. The minimum absolute atomic E-state index is 0.0801. The monoisotopic (exact) mass is 381 g/mol. The average molecular weight is 381 g/mol. The van der Waals surface area contributed by atoms with Gasteiger partial charge in [0, 0.05) is 11.5 Å². The highest BCUT2D eigenvalue weighted by Crippen LogP contribution is 2.25. The van der Waals surface area contributed by atoms with Gasteiger partial charge in [-0.15, -0.1) is 10.2 Å². The van der Waals surface area contributed by atoms with Crippen molar-refractivity contribution in [3.63, 3.8) is 0 Å². The molecule has 4 rings (SSSR count). The van der Waals surface area contributed by atoms with E-state index in [9.17, 15) is 14.7 Å². The summed E-state index contributed by atoms with van der Waals surface area (Å²) in [5, 5.41) is 18.5. The summed E-state index contributed by atoms with van der Waals surface area (Å²) in [5.74, 6) is 0.422. The molecule has 3 heterocycles. The van der Waals surface area contributed by atoms with Gasteiger partial charge in [-0.1, -0.05) is 0 Å². The number of fused-ring (bicyclic) bond motifs is 2. The minimum atomic E-state index is -1.07. The van der Waals surface area contributed by atoms with Gasteiger partial charge in [-0.25, -0.2) is 4.79 Å². The van der Waals surface area contributed by atoms with Crippen molar-refractivity contribution in [1.82, 2.24) is 24.6 Å². The van der Waals surface area contributed by atoms with Gasteiger partial charge in [0.1, 0.15) is 17.6 Å². The van der Waals surface area contributed by atoms with Crippen molar-refractivity contribution in [2.75, 3.05) is 7.11 Å². The lowest BCUT2D eigenvalue weighted by molar-refractivity contribution is -0.143. The molecule has 0 aliphatic carbocycles. The third kappa shape index (κ3) is 2.84. The molecule has 28 heavy (non-hydrogen) atoms. The quantitative estimate of drug-likeness (QED) is 0.733. The first-order chi connectivity index (χ1) is 13.4. The summed E-state index contributed by atoms with van der Waals surface area (Å²) in [6, 6.07) is 6.15. The summed E-state index contributed by atoms with van der Waals surface area (Å²) < 4.78 is 6.95. The lowest BCUT2D eigenvalue weighted by Crippen LogP contribution is -2.51. The molecule has 0 saturated heterocycles. The molecule has 0 bridgehead atoms. The summed E-state index contributed by atoms with van der Waals surface area (Å²) in [6.45, 7) is 3.69. The first-order valence-electron chi connectivity index (χ1n) is 8.77. The van der Waals surface area contributed by atoms with Gasteiger partial charge in [-0.2, -0.15) is 0 Å². The van der Waals surface area contributed by atoms with E-state index < -0.39 is 12.0 Å². The molecule has 0 fully saturated rings. The van der Waals surface area contributed by atoms with Crippen molar-refractivity contribution in [2.24, 2.45) is 0 Å². The number of ether oxygens (including phenoxy) is 1. The van der Waals surface area contributed by atoms with Crippen molar-refractivity contribution in [3.05, 3.63) is 47.2 Å². The van der Waals surface area contributed by atoms with Gasteiger partial charge in [0.2, 0.25) is 0 Å². The smallest absolute Gasteiger partial charge is 0.328 e. The number of amides is 1. The SMILES string of the molecule is COc1ccc2cc(C(=O)N3Cc4nnc(C)n4CC3C(=O)O)c(C)nc2c1. The molecule has 144 valence electrons. The molecule has 1 amide bonds. The largest absolute Gasteiger partial charge is 0.497 e. The number of methoxy groups -OCH3 is 1. The summed E-state index contributed by atoms with van der Waals surface area (Å²) in [7, 11) is 1.58. The van der Waals surface area contributed by atoms with E-state index in [1.807, 2.05) is 6.07 Å². The number of aliphatic carboxylic acids is 1. The molecule has 1 aromatic carbocycles. The van der Waals surface area contributed by atoms with E-state index in [4.69, 9.17) is 4.74 Å². The molecular weight excluding hydrogens is 362 g/mol. The van der Waals surface area contributed by atoms with Gasteiger partial charge < -0.3 is 19.3 Å². The molecule has 0 radical (unpaired) electrons. The fourth-order valence-corrected chi connectivity index (χ4v) is 3.48. The zero-order valence-corrected chi connectivity index (χ0v) is 15.7. The Balaban J connectivity index is 1.75. The Kier molecular flexibility index (Phi) is 4.21. The van der Waals surface area contributed by atoms with Crippen molar-refractivity contribution < 1.29 is 19.4 Å². The number of nitrogens with zero attached hydrogens (tertiary/aromatic N) is 5. The maximum atomic E-state index is 13.3. The number of aromatic nitrogens is 4. The molecule has 9 heteroatoms. The highest BCUT2D eigenvalue weighted by Gasteiger charge is 2.37. The Morgan fingerprint density at radius 1 is 1.21 bits per heavy atom. The van der Waals surface area contributed by atoms with Crippen LogP contribution in [0.1, 0.15) is 27.7 Å². The van der Waals surface area contributed by atoms with Gasteiger partial charge in [0.15, 0.2) is 5.82 Å². The van der Waals surface area contributed by atoms with Crippen LogP contribution in [0, 0.1) is 13.8 Å². The molecule has 1 unspecified atom stereocenters. The van der Waals surface area contributed by atoms with Crippen LogP contribution in [0.2, 0.25) is 0 Å². The van der Waals surface area contributed by atoms with E-state index in [0.29, 0.717) is 34.2 Å². The Hall–Kier alpha value is -3.49. The second kappa shape index (κ2) is 6.59. The number of carboxylic acid groups (broad SMARTS) is 1. The molecule has 1 aliphatic rings. The van der Waals surface area contributed by atoms with E-state index in [0.717, 1.165) is 5.39 Å². The molecule has 1 atom stereocenters. The van der Waals surface area contributed by atoms with Crippen molar-refractivity contribution in [3.8, 4) is 5.75 Å². The van der Waals surface area contributed by atoms with Crippen molar-refractivity contribution in [2.45, 2.75) is 33.0 Å². The second-order valence-corrected chi connectivity index (χ2v) is 6.74. The standard InChI is InChI=1S/C19H19N5O4/c1-10-14(6-12-4-5-13(28-3)7-15(12)20-10)18(25)24-9-17-22-21-11(2)23(17)8-16(24)19(26)27/h4-7,16H,8-9H2,1-3H3,(H,26,27). The van der Waals surface area contributed by atoms with Crippen LogP contribution >= 0.6 is 0 Å². The van der Waals surface area contributed by atoms with Crippen LogP contribution in [0.25, 0.3) is 10.9 Å². The number of benzene rings is 1. The number of carbonyl (C=O) groups is 2. The van der Waals surface area contributed by atoms with E-state index in [1.165, 1.54) is 4.90 Å². The highest BCUT2D eigenvalue weighted by molar-refractivity contribution is 6.00. The number of carboxylic acids is 1. The lowest BCUT2D eigenvalue weighted by atomic mass is 10.1. The van der Waals surface area contributed by atoms with Crippen LogP contribution in [0.5, 0.6) is 5.75 Å². The third-order valence-corrected chi connectivity index (χ3v) is 5.05. The summed E-state index contributed by atoms with van der Waals surface area (Å²) in [4.78, 5) is 30.9. The van der Waals surface area contributed by atoms with Gasteiger partial charge in [-0.3, -0.25) is 9.78 Å². The average Bonchev–Trinajstić information content (AvgIpc) is 3.05. The Morgan fingerprint density at radius 3 is 2.71 bits per heavy atom. The van der Waals surface area contributed by atoms with Gasteiger partial charge >= 0.3 is 5.97 Å². The fraction of sp³-hybridized carbons (Fsp3) is 0.316. The third-order valence-electron chi connectivity index (χ3n) is 5.05. The first kappa shape index (κ1) is 17.9. The number of aryl methyl sites for hydroxylation is 2. The number of hydrogen-bond donors (Lipinski definition) is 1. The molecule has 0 spiro atoms. The van der Waals surface area contributed by atoms with Crippen LogP contribution in [0.15, 0.2) is 24.3 Å². The number of rotatable bonds is 3. The topological polar surface area (TPSA) is 110 Å². The summed E-state index contributed by atoms with van der Waals surface area (Å²) in [6.07, 6.45) is 0. The fourth-order valence-electron chi connectivity index (χ4n) is 3.48. The Bertz CT molecular complexity index is 1110. The summed E-state index contributed by atoms with van der Waals surface area (Å²) in [5.41, 5.74) is 1.60. The highest BCUT2D eigenvalue weighted by atomic mass is 16.5. The molecular formula is C19H19N5O4. The van der Waals surface area contributed by atoms with Gasteiger partial charge in [0.05, 0.1) is 37.0 Å². The van der Waals surface area contributed by atoms with E-state index in [2.05, 4.69) is 15.2 Å². The number of carbonyl (C=O) groups excluding carboxylic acids is 1. The molecule has 0 saturated carbocycles. The van der Waals surface area contributed by atoms with Crippen molar-refractivity contribution >= 4 is 22.8 Å². The lowest BCUT2D eigenvalue weighted by Gasteiger charge is -2.33. The van der Waals surface area contributed by atoms with E-state index in [1.54, 1.807) is 43.7 Å². The second-order valence-electron chi connectivity index (χ2n) is 6.74. The van der Waals surface area contributed by atoms with Crippen LogP contribution in [0.3, 0.4) is 0 Å². The Labute approximate surface area is 160 Å². The molecule has 1 N–H and O–H groups in total. The molecule has 2 aromatic heterocycles. The molecule has 9 nitrogen and oxygen atoms in total. The maximum absolute atomic E-state index is 13.3. The number of pyridine rings is 1. The van der Waals surface area contributed by atoms with Crippen LogP contribution in [-0.2, 0) is 17.9 Å². The van der Waals surface area contributed by atoms with Gasteiger partial charge in [0.25, 0.3) is 5.91 Å².